The Morgan fingerprint density at radius 2 is 2.30 bits per heavy atom. The zero-order valence-corrected chi connectivity index (χ0v) is 11.6. The van der Waals surface area contributed by atoms with E-state index < -0.39 is 17.7 Å². The molecule has 0 N–H and O–H groups in total. The third kappa shape index (κ3) is 2.96. The van der Waals surface area contributed by atoms with E-state index in [0.29, 0.717) is 5.56 Å². The second-order valence-electron chi connectivity index (χ2n) is 4.06. The molecule has 20 heavy (non-hydrogen) atoms. The summed E-state index contributed by atoms with van der Waals surface area (Å²) >= 11 is 5.69. The maximum Gasteiger partial charge on any atom is 0.318 e. The number of halogens is 2. The monoisotopic (exact) mass is 298 g/mol. The lowest BCUT2D eigenvalue weighted by Crippen LogP contribution is -2.13. The van der Waals surface area contributed by atoms with Crippen molar-refractivity contribution < 1.29 is 18.4 Å². The van der Waals surface area contributed by atoms with E-state index in [4.69, 9.17) is 20.9 Å². The first-order valence-electron chi connectivity index (χ1n) is 5.98. The molecule has 1 unspecified atom stereocenters. The zero-order valence-electron chi connectivity index (χ0n) is 10.9. The highest BCUT2D eigenvalue weighted by molar-refractivity contribution is 6.31. The van der Waals surface area contributed by atoms with Gasteiger partial charge in [-0.3, -0.25) is 4.79 Å². The number of benzene rings is 1. The maximum absolute atomic E-state index is 13.1. The van der Waals surface area contributed by atoms with Crippen LogP contribution in [0.3, 0.4) is 0 Å². The van der Waals surface area contributed by atoms with Gasteiger partial charge in [0.15, 0.2) is 0 Å². The summed E-state index contributed by atoms with van der Waals surface area (Å²) in [7, 11) is 0. The molecule has 1 aromatic carbocycles. The molecule has 0 saturated heterocycles. The molecule has 2 rings (SSSR count). The van der Waals surface area contributed by atoms with Crippen molar-refractivity contribution >= 4 is 17.6 Å². The minimum Gasteiger partial charge on any atom is -0.465 e. The van der Waals surface area contributed by atoms with E-state index in [-0.39, 0.29) is 23.3 Å². The van der Waals surface area contributed by atoms with Crippen LogP contribution in [0.1, 0.15) is 25.7 Å². The Morgan fingerprint density at radius 1 is 1.55 bits per heavy atom. The molecule has 0 bridgehead atoms. The van der Waals surface area contributed by atoms with E-state index in [1.165, 1.54) is 18.2 Å². The molecule has 5 nitrogen and oxygen atoms in total. The van der Waals surface area contributed by atoms with Gasteiger partial charge in [0, 0.05) is 5.56 Å². The average molecular weight is 299 g/mol. The summed E-state index contributed by atoms with van der Waals surface area (Å²) in [5.41, 5.74) is 0.502. The number of nitrogens with zero attached hydrogens (tertiary/aromatic N) is 2. The molecule has 0 spiro atoms. The number of esters is 1. The van der Waals surface area contributed by atoms with Crippen molar-refractivity contribution in [3.8, 4) is 11.4 Å². The van der Waals surface area contributed by atoms with Gasteiger partial charge >= 0.3 is 5.97 Å². The van der Waals surface area contributed by atoms with Crippen molar-refractivity contribution in [2.24, 2.45) is 0 Å². The summed E-state index contributed by atoms with van der Waals surface area (Å²) in [6, 6.07) is 4.08. The molecule has 0 saturated carbocycles. The first-order valence-corrected chi connectivity index (χ1v) is 6.36. The van der Waals surface area contributed by atoms with E-state index >= 15 is 0 Å². The number of ether oxygens (including phenoxy) is 1. The Balaban J connectivity index is 2.24. The fourth-order valence-corrected chi connectivity index (χ4v) is 1.71. The maximum atomic E-state index is 13.1. The van der Waals surface area contributed by atoms with Crippen molar-refractivity contribution in [2.75, 3.05) is 6.61 Å². The van der Waals surface area contributed by atoms with Crippen LogP contribution in [0.4, 0.5) is 4.39 Å². The van der Waals surface area contributed by atoms with E-state index in [0.717, 1.165) is 0 Å². The SMILES string of the molecule is CCOC(=O)C(C)c1nc(-c2ccc(F)c(Cl)c2)no1. The first kappa shape index (κ1) is 14.5. The Labute approximate surface area is 119 Å². The van der Waals surface area contributed by atoms with E-state index in [1.807, 2.05) is 0 Å². The van der Waals surface area contributed by atoms with Crippen LogP contribution < -0.4 is 0 Å². The lowest BCUT2D eigenvalue weighted by molar-refractivity contribution is -0.145. The number of carbonyl (C=O) groups is 1. The molecule has 1 heterocycles. The second-order valence-corrected chi connectivity index (χ2v) is 4.47. The Morgan fingerprint density at radius 3 is 2.95 bits per heavy atom. The van der Waals surface area contributed by atoms with Crippen LogP contribution in [0.5, 0.6) is 0 Å². The van der Waals surface area contributed by atoms with Crippen LogP contribution in [0.25, 0.3) is 11.4 Å². The Kier molecular flexibility index (Phi) is 4.34. The van der Waals surface area contributed by atoms with E-state index in [9.17, 15) is 9.18 Å². The molecule has 7 heteroatoms. The van der Waals surface area contributed by atoms with Crippen molar-refractivity contribution in [1.82, 2.24) is 10.1 Å². The molecule has 1 atom stereocenters. The van der Waals surface area contributed by atoms with Crippen LogP contribution in [0.2, 0.25) is 5.02 Å². The number of hydrogen-bond donors (Lipinski definition) is 0. The normalized spacial score (nSPS) is 12.2. The average Bonchev–Trinajstić information content (AvgIpc) is 2.91. The van der Waals surface area contributed by atoms with Gasteiger partial charge in [-0.05, 0) is 32.0 Å². The number of hydrogen-bond acceptors (Lipinski definition) is 5. The molecule has 0 fully saturated rings. The molecule has 0 radical (unpaired) electrons. The van der Waals surface area contributed by atoms with Gasteiger partial charge < -0.3 is 9.26 Å². The minimum atomic E-state index is -0.660. The van der Waals surface area contributed by atoms with Crippen LogP contribution in [-0.2, 0) is 9.53 Å². The molecule has 106 valence electrons. The lowest BCUT2D eigenvalue weighted by Gasteiger charge is -2.04. The van der Waals surface area contributed by atoms with E-state index in [1.54, 1.807) is 13.8 Å². The van der Waals surface area contributed by atoms with Crippen molar-refractivity contribution in [3.63, 3.8) is 0 Å². The van der Waals surface area contributed by atoms with E-state index in [2.05, 4.69) is 10.1 Å². The smallest absolute Gasteiger partial charge is 0.318 e. The number of rotatable bonds is 4. The summed E-state index contributed by atoms with van der Waals surface area (Å²) in [6.07, 6.45) is 0. The fraction of sp³-hybridized carbons (Fsp3) is 0.308. The highest BCUT2D eigenvalue weighted by Crippen LogP contribution is 2.24. The molecular formula is C13H12ClFN2O3. The van der Waals surface area contributed by atoms with Crippen molar-refractivity contribution in [3.05, 3.63) is 34.9 Å². The van der Waals surface area contributed by atoms with Gasteiger partial charge in [0.25, 0.3) is 0 Å². The van der Waals surface area contributed by atoms with Gasteiger partial charge in [-0.2, -0.15) is 4.98 Å². The Bertz CT molecular complexity index is 630. The highest BCUT2D eigenvalue weighted by Gasteiger charge is 2.23. The summed E-state index contributed by atoms with van der Waals surface area (Å²) in [5.74, 6) is -1.26. The third-order valence-electron chi connectivity index (χ3n) is 2.63. The van der Waals surface area contributed by atoms with Crippen LogP contribution in [0.15, 0.2) is 22.7 Å². The summed E-state index contributed by atoms with van der Waals surface area (Å²) in [5, 5.41) is 3.71. The molecular weight excluding hydrogens is 287 g/mol. The van der Waals surface area contributed by atoms with Crippen LogP contribution in [0, 0.1) is 5.82 Å². The number of carbonyl (C=O) groups excluding carboxylic acids is 1. The largest absolute Gasteiger partial charge is 0.465 e. The van der Waals surface area contributed by atoms with Gasteiger partial charge in [0.05, 0.1) is 11.6 Å². The van der Waals surface area contributed by atoms with Crippen LogP contribution in [-0.4, -0.2) is 22.7 Å². The lowest BCUT2D eigenvalue weighted by atomic mass is 10.2. The molecule has 0 aliphatic heterocycles. The second kappa shape index (κ2) is 6.00. The predicted octanol–water partition coefficient (Wildman–Crippen LogP) is 3.20. The standard InChI is InChI=1S/C13H12ClFN2O3/c1-3-19-13(18)7(2)12-16-11(17-20-12)8-4-5-10(15)9(14)6-8/h4-7H,3H2,1-2H3. The van der Waals surface area contributed by atoms with Gasteiger partial charge in [-0.1, -0.05) is 16.8 Å². The van der Waals surface area contributed by atoms with Crippen molar-refractivity contribution in [1.29, 1.82) is 0 Å². The quantitative estimate of drug-likeness (QED) is 0.811. The molecule has 0 aliphatic rings. The van der Waals surface area contributed by atoms with Gasteiger partial charge in [-0.15, -0.1) is 0 Å². The fourth-order valence-electron chi connectivity index (χ4n) is 1.53. The topological polar surface area (TPSA) is 65.2 Å². The molecule has 0 amide bonds. The van der Waals surface area contributed by atoms with Crippen LogP contribution >= 0.6 is 11.6 Å². The third-order valence-corrected chi connectivity index (χ3v) is 2.92. The number of aromatic nitrogens is 2. The first-order chi connectivity index (χ1) is 9.52. The van der Waals surface area contributed by atoms with Gasteiger partial charge in [0.1, 0.15) is 11.7 Å². The zero-order chi connectivity index (χ0) is 14.7. The summed E-state index contributed by atoms with van der Waals surface area (Å²) in [4.78, 5) is 15.7. The Hall–Kier alpha value is -1.95. The molecule has 0 aliphatic carbocycles. The predicted molar refractivity (Wildman–Crippen MR) is 69.8 cm³/mol. The van der Waals surface area contributed by atoms with Gasteiger partial charge in [0.2, 0.25) is 11.7 Å². The molecule has 1 aromatic heterocycles. The summed E-state index contributed by atoms with van der Waals surface area (Å²) < 4.78 is 23.0. The van der Waals surface area contributed by atoms with Gasteiger partial charge in [-0.25, -0.2) is 4.39 Å². The minimum absolute atomic E-state index is 0.0349. The molecule has 2 aromatic rings. The van der Waals surface area contributed by atoms with Crippen molar-refractivity contribution in [2.45, 2.75) is 19.8 Å². The highest BCUT2D eigenvalue weighted by atomic mass is 35.5. The summed E-state index contributed by atoms with van der Waals surface area (Å²) in [6.45, 7) is 3.59.